The quantitative estimate of drug-likeness (QED) is 0.900. The van der Waals surface area contributed by atoms with E-state index in [2.05, 4.69) is 0 Å². The van der Waals surface area contributed by atoms with Gasteiger partial charge in [0.25, 0.3) is 0 Å². The molecule has 112 valence electrons. The summed E-state index contributed by atoms with van der Waals surface area (Å²) in [4.78, 5) is 12.5. The number of carboxylic acids is 1. The third-order valence-corrected chi connectivity index (χ3v) is 3.53. The number of nitrogens with zero attached hydrogens (tertiary/aromatic N) is 2. The number of hydrogen-bond donors (Lipinski definition) is 1. The normalized spacial score (nSPS) is 15.7. The first-order chi connectivity index (χ1) is 10.1. The Kier molecular flexibility index (Phi) is 5.12. The average molecular weight is 292 g/mol. The van der Waals surface area contributed by atoms with Crippen LogP contribution in [0.3, 0.4) is 0 Å². The first kappa shape index (κ1) is 15.3. The first-order valence-electron chi connectivity index (χ1n) is 6.88. The van der Waals surface area contributed by atoms with Gasteiger partial charge in [0.05, 0.1) is 30.4 Å². The number of ether oxygens (including phenoxy) is 1. The van der Waals surface area contributed by atoms with Gasteiger partial charge in [-0.2, -0.15) is 5.26 Å². The minimum Gasteiger partial charge on any atom is -0.481 e. The molecule has 1 aromatic rings. The monoisotopic (exact) mass is 292 g/mol. The molecule has 1 aliphatic heterocycles. The number of anilines is 1. The SMILES string of the molecule is N#Cc1cc(F)ccc1N1CCC(OCCC(=O)O)CC1. The lowest BCUT2D eigenvalue weighted by atomic mass is 10.1. The number of halogens is 1. The molecular weight excluding hydrogens is 275 g/mol. The molecule has 6 heteroatoms. The number of benzene rings is 1. The van der Waals surface area contributed by atoms with E-state index < -0.39 is 11.8 Å². The smallest absolute Gasteiger partial charge is 0.305 e. The lowest BCUT2D eigenvalue weighted by Gasteiger charge is -2.34. The van der Waals surface area contributed by atoms with E-state index in [4.69, 9.17) is 15.1 Å². The van der Waals surface area contributed by atoms with Gasteiger partial charge in [0.15, 0.2) is 0 Å². The van der Waals surface area contributed by atoms with Crippen LogP contribution in [0.4, 0.5) is 10.1 Å². The number of piperidine rings is 1. The van der Waals surface area contributed by atoms with Crippen molar-refractivity contribution >= 4 is 11.7 Å². The highest BCUT2D eigenvalue weighted by Crippen LogP contribution is 2.25. The molecule has 1 saturated heterocycles. The molecule has 0 spiro atoms. The highest BCUT2D eigenvalue weighted by Gasteiger charge is 2.21. The van der Waals surface area contributed by atoms with Crippen LogP contribution in [0.15, 0.2) is 18.2 Å². The van der Waals surface area contributed by atoms with Crippen molar-refractivity contribution in [3.8, 4) is 6.07 Å². The summed E-state index contributed by atoms with van der Waals surface area (Å²) < 4.78 is 18.7. The molecule has 0 atom stereocenters. The summed E-state index contributed by atoms with van der Waals surface area (Å²) in [5.74, 6) is -1.28. The summed E-state index contributed by atoms with van der Waals surface area (Å²) in [6.07, 6.45) is 1.59. The minimum atomic E-state index is -0.864. The Bertz CT molecular complexity index is 548. The lowest BCUT2D eigenvalue weighted by Crippen LogP contribution is -2.37. The van der Waals surface area contributed by atoms with Gasteiger partial charge in [-0.05, 0) is 31.0 Å². The molecule has 0 saturated carbocycles. The summed E-state index contributed by atoms with van der Waals surface area (Å²) in [7, 11) is 0. The molecule has 1 N–H and O–H groups in total. The fourth-order valence-electron chi connectivity index (χ4n) is 2.45. The fourth-order valence-corrected chi connectivity index (χ4v) is 2.45. The number of hydrogen-bond acceptors (Lipinski definition) is 4. The molecule has 0 radical (unpaired) electrons. The van der Waals surface area contributed by atoms with E-state index in [0.29, 0.717) is 18.7 Å². The average Bonchev–Trinajstić information content (AvgIpc) is 2.47. The number of nitriles is 1. The largest absolute Gasteiger partial charge is 0.481 e. The molecule has 0 aromatic heterocycles. The van der Waals surface area contributed by atoms with Gasteiger partial charge in [-0.3, -0.25) is 4.79 Å². The molecule has 0 amide bonds. The second kappa shape index (κ2) is 7.04. The van der Waals surface area contributed by atoms with Crippen LogP contribution in [-0.2, 0) is 9.53 Å². The van der Waals surface area contributed by atoms with Gasteiger partial charge < -0.3 is 14.7 Å². The van der Waals surface area contributed by atoms with Gasteiger partial charge in [0, 0.05) is 13.1 Å². The zero-order chi connectivity index (χ0) is 15.2. The Morgan fingerprint density at radius 2 is 2.19 bits per heavy atom. The van der Waals surface area contributed by atoms with Crippen molar-refractivity contribution in [3.63, 3.8) is 0 Å². The second-order valence-corrected chi connectivity index (χ2v) is 4.97. The molecular formula is C15H17FN2O3. The van der Waals surface area contributed by atoms with E-state index in [-0.39, 0.29) is 19.1 Å². The lowest BCUT2D eigenvalue weighted by molar-refractivity contribution is -0.138. The van der Waals surface area contributed by atoms with Crippen molar-refractivity contribution in [2.45, 2.75) is 25.4 Å². The van der Waals surface area contributed by atoms with E-state index in [1.165, 1.54) is 12.1 Å². The van der Waals surface area contributed by atoms with Gasteiger partial charge in [-0.1, -0.05) is 0 Å². The van der Waals surface area contributed by atoms with E-state index >= 15 is 0 Å². The topological polar surface area (TPSA) is 73.6 Å². The zero-order valence-corrected chi connectivity index (χ0v) is 11.6. The zero-order valence-electron chi connectivity index (χ0n) is 11.6. The van der Waals surface area contributed by atoms with Gasteiger partial charge in [-0.25, -0.2) is 4.39 Å². The second-order valence-electron chi connectivity index (χ2n) is 4.97. The van der Waals surface area contributed by atoms with Crippen molar-refractivity contribution < 1.29 is 19.0 Å². The molecule has 21 heavy (non-hydrogen) atoms. The third-order valence-electron chi connectivity index (χ3n) is 3.53. The van der Waals surface area contributed by atoms with Crippen LogP contribution in [0, 0.1) is 17.1 Å². The van der Waals surface area contributed by atoms with Crippen molar-refractivity contribution in [1.29, 1.82) is 5.26 Å². The van der Waals surface area contributed by atoms with Gasteiger partial charge in [0.1, 0.15) is 11.9 Å². The standard InChI is InChI=1S/C15H17FN2O3/c16-12-1-2-14(11(9-12)10-17)18-6-3-13(4-7-18)21-8-5-15(19)20/h1-2,9,13H,3-8H2,(H,19,20). The predicted octanol–water partition coefficient (Wildman–Crippen LogP) is 2.16. The van der Waals surface area contributed by atoms with Crippen LogP contribution in [-0.4, -0.2) is 36.9 Å². The Hall–Kier alpha value is -2.13. The highest BCUT2D eigenvalue weighted by molar-refractivity contribution is 5.66. The number of rotatable bonds is 5. The Morgan fingerprint density at radius 1 is 1.48 bits per heavy atom. The van der Waals surface area contributed by atoms with Crippen LogP contribution < -0.4 is 4.90 Å². The molecule has 0 bridgehead atoms. The molecule has 1 heterocycles. The van der Waals surface area contributed by atoms with E-state index in [0.717, 1.165) is 18.5 Å². The molecule has 1 fully saturated rings. The molecule has 0 aliphatic carbocycles. The summed E-state index contributed by atoms with van der Waals surface area (Å²) >= 11 is 0. The highest BCUT2D eigenvalue weighted by atomic mass is 19.1. The Morgan fingerprint density at radius 3 is 2.81 bits per heavy atom. The van der Waals surface area contributed by atoms with Gasteiger partial charge in [0.2, 0.25) is 0 Å². The summed E-state index contributed by atoms with van der Waals surface area (Å²) in [6.45, 7) is 1.64. The maximum Gasteiger partial charge on any atom is 0.305 e. The predicted molar refractivity (Wildman–Crippen MR) is 74.6 cm³/mol. The van der Waals surface area contributed by atoms with Crippen LogP contribution >= 0.6 is 0 Å². The van der Waals surface area contributed by atoms with E-state index in [9.17, 15) is 9.18 Å². The first-order valence-corrected chi connectivity index (χ1v) is 6.88. The number of aliphatic carboxylic acids is 1. The molecule has 1 aromatic carbocycles. The van der Waals surface area contributed by atoms with Crippen molar-refractivity contribution in [2.75, 3.05) is 24.6 Å². The van der Waals surface area contributed by atoms with Crippen LogP contribution in [0.1, 0.15) is 24.8 Å². The van der Waals surface area contributed by atoms with Crippen LogP contribution in [0.2, 0.25) is 0 Å². The molecule has 0 unspecified atom stereocenters. The summed E-state index contributed by atoms with van der Waals surface area (Å²) in [5.41, 5.74) is 1.07. The fraction of sp³-hybridized carbons (Fsp3) is 0.467. The van der Waals surface area contributed by atoms with E-state index in [1.807, 2.05) is 11.0 Å². The third kappa shape index (κ3) is 4.17. The molecule has 5 nitrogen and oxygen atoms in total. The van der Waals surface area contributed by atoms with Crippen LogP contribution in [0.25, 0.3) is 0 Å². The van der Waals surface area contributed by atoms with E-state index in [1.54, 1.807) is 6.07 Å². The molecule has 2 rings (SSSR count). The maximum absolute atomic E-state index is 13.1. The van der Waals surface area contributed by atoms with Gasteiger partial charge in [-0.15, -0.1) is 0 Å². The summed E-state index contributed by atoms with van der Waals surface area (Å²) in [5, 5.41) is 17.6. The number of carboxylic acid groups (broad SMARTS) is 1. The Labute approximate surface area is 122 Å². The Balaban J connectivity index is 1.89. The van der Waals surface area contributed by atoms with Crippen LogP contribution in [0.5, 0.6) is 0 Å². The van der Waals surface area contributed by atoms with Crippen molar-refractivity contribution in [1.82, 2.24) is 0 Å². The maximum atomic E-state index is 13.1. The van der Waals surface area contributed by atoms with Gasteiger partial charge >= 0.3 is 5.97 Å². The van der Waals surface area contributed by atoms with Crippen molar-refractivity contribution in [3.05, 3.63) is 29.6 Å². The number of carbonyl (C=O) groups is 1. The van der Waals surface area contributed by atoms with Crippen molar-refractivity contribution in [2.24, 2.45) is 0 Å². The molecule has 1 aliphatic rings. The minimum absolute atomic E-state index is 0.0107. The summed E-state index contributed by atoms with van der Waals surface area (Å²) in [6, 6.07) is 6.23.